The largest absolute Gasteiger partial charge is 0.468 e. The molecule has 1 aromatic rings. The number of ether oxygens (including phenoxy) is 1. The van der Waals surface area contributed by atoms with Crippen molar-refractivity contribution in [1.82, 2.24) is 0 Å². The lowest BCUT2D eigenvalue weighted by molar-refractivity contribution is 0.285. The summed E-state index contributed by atoms with van der Waals surface area (Å²) in [5.41, 5.74) is 5.92. The summed E-state index contributed by atoms with van der Waals surface area (Å²) in [5, 5.41) is 0. The molecule has 0 aliphatic heterocycles. The van der Waals surface area contributed by atoms with E-state index in [1.807, 2.05) is 6.07 Å². The third kappa shape index (κ3) is 1.32. The van der Waals surface area contributed by atoms with Crippen LogP contribution in [0.4, 0.5) is 0 Å². The van der Waals surface area contributed by atoms with Gasteiger partial charge >= 0.3 is 0 Å². The van der Waals surface area contributed by atoms with E-state index in [-0.39, 0.29) is 6.04 Å². The maximum atomic E-state index is 5.92. The molecule has 0 spiro atoms. The number of furan rings is 1. The lowest BCUT2D eigenvalue weighted by Crippen LogP contribution is -2.10. The van der Waals surface area contributed by atoms with Gasteiger partial charge in [-0.15, -0.1) is 0 Å². The fraction of sp³-hybridized carbons (Fsp3) is 0.556. The van der Waals surface area contributed by atoms with E-state index in [9.17, 15) is 0 Å². The highest BCUT2D eigenvalue weighted by Gasteiger charge is 2.31. The first-order valence-corrected chi connectivity index (χ1v) is 4.20. The number of rotatable bonds is 3. The van der Waals surface area contributed by atoms with E-state index in [1.165, 1.54) is 12.8 Å². The van der Waals surface area contributed by atoms with Crippen molar-refractivity contribution in [2.45, 2.75) is 18.9 Å². The van der Waals surface area contributed by atoms with Crippen LogP contribution in [0.1, 0.15) is 24.6 Å². The Kier molecular flexibility index (Phi) is 1.81. The SMILES string of the molecule is COc1ccc([C@@H](N)C2CC2)o1. The van der Waals surface area contributed by atoms with Gasteiger partial charge in [-0.3, -0.25) is 0 Å². The summed E-state index contributed by atoms with van der Waals surface area (Å²) < 4.78 is 10.3. The molecule has 0 unspecified atom stereocenters. The molecule has 1 aliphatic carbocycles. The second kappa shape index (κ2) is 2.83. The third-order valence-corrected chi connectivity index (χ3v) is 2.26. The van der Waals surface area contributed by atoms with E-state index in [0.717, 1.165) is 5.76 Å². The molecular formula is C9H13NO2. The quantitative estimate of drug-likeness (QED) is 0.745. The number of nitrogens with two attached hydrogens (primary N) is 1. The molecule has 1 heterocycles. The number of methoxy groups -OCH3 is 1. The van der Waals surface area contributed by atoms with Crippen molar-refractivity contribution in [2.24, 2.45) is 11.7 Å². The lowest BCUT2D eigenvalue weighted by Gasteiger charge is -2.04. The molecule has 1 atom stereocenters. The van der Waals surface area contributed by atoms with Crippen LogP contribution >= 0.6 is 0 Å². The van der Waals surface area contributed by atoms with Crippen LogP contribution < -0.4 is 10.5 Å². The Morgan fingerprint density at radius 3 is 2.83 bits per heavy atom. The highest BCUT2D eigenvalue weighted by atomic mass is 16.6. The van der Waals surface area contributed by atoms with Gasteiger partial charge in [0.25, 0.3) is 5.95 Å². The van der Waals surface area contributed by atoms with Crippen molar-refractivity contribution >= 4 is 0 Å². The summed E-state index contributed by atoms with van der Waals surface area (Å²) in [6.07, 6.45) is 2.45. The fourth-order valence-electron chi connectivity index (χ4n) is 1.31. The van der Waals surface area contributed by atoms with Crippen LogP contribution in [-0.4, -0.2) is 7.11 Å². The van der Waals surface area contributed by atoms with Gasteiger partial charge in [0.15, 0.2) is 0 Å². The minimum absolute atomic E-state index is 0.0638. The van der Waals surface area contributed by atoms with Crippen molar-refractivity contribution in [3.8, 4) is 5.95 Å². The first-order valence-electron chi connectivity index (χ1n) is 4.20. The summed E-state index contributed by atoms with van der Waals surface area (Å²) in [7, 11) is 1.59. The van der Waals surface area contributed by atoms with Crippen molar-refractivity contribution in [3.63, 3.8) is 0 Å². The molecule has 2 N–H and O–H groups in total. The van der Waals surface area contributed by atoms with Crippen LogP contribution in [-0.2, 0) is 0 Å². The number of hydrogen-bond acceptors (Lipinski definition) is 3. The van der Waals surface area contributed by atoms with Gasteiger partial charge in [-0.2, -0.15) is 0 Å². The molecule has 12 heavy (non-hydrogen) atoms. The van der Waals surface area contributed by atoms with E-state index in [2.05, 4.69) is 0 Å². The average Bonchev–Trinajstić information content (AvgIpc) is 2.82. The molecule has 0 saturated heterocycles. The molecule has 66 valence electrons. The van der Waals surface area contributed by atoms with Gasteiger partial charge in [-0.25, -0.2) is 0 Å². The Labute approximate surface area is 71.5 Å². The Balaban J connectivity index is 2.10. The molecule has 2 rings (SSSR count). The van der Waals surface area contributed by atoms with Crippen LogP contribution in [0.3, 0.4) is 0 Å². The molecule has 1 fully saturated rings. The minimum atomic E-state index is 0.0638. The summed E-state index contributed by atoms with van der Waals surface area (Å²) >= 11 is 0. The normalized spacial score (nSPS) is 19.2. The van der Waals surface area contributed by atoms with E-state index >= 15 is 0 Å². The predicted molar refractivity (Wildman–Crippen MR) is 44.9 cm³/mol. The van der Waals surface area contributed by atoms with Gasteiger partial charge in [0.05, 0.1) is 13.2 Å². The van der Waals surface area contributed by atoms with Crippen LogP contribution in [0.2, 0.25) is 0 Å². The smallest absolute Gasteiger partial charge is 0.284 e. The maximum Gasteiger partial charge on any atom is 0.284 e. The minimum Gasteiger partial charge on any atom is -0.468 e. The molecule has 3 nitrogen and oxygen atoms in total. The van der Waals surface area contributed by atoms with Crippen molar-refractivity contribution < 1.29 is 9.15 Å². The zero-order valence-electron chi connectivity index (χ0n) is 7.12. The van der Waals surface area contributed by atoms with E-state index < -0.39 is 0 Å². The molecule has 1 aliphatic rings. The molecule has 1 saturated carbocycles. The monoisotopic (exact) mass is 167 g/mol. The predicted octanol–water partition coefficient (Wildman–Crippen LogP) is 1.70. The molecule has 0 radical (unpaired) electrons. The Hall–Kier alpha value is -0.960. The molecule has 1 aromatic heterocycles. The lowest BCUT2D eigenvalue weighted by atomic mass is 10.1. The standard InChI is InChI=1S/C9H13NO2/c1-11-8-5-4-7(12-8)9(10)6-2-3-6/h4-6,9H,2-3,10H2,1H3/t9-/m0/s1. The Morgan fingerprint density at radius 2 is 2.33 bits per heavy atom. The zero-order valence-corrected chi connectivity index (χ0v) is 7.12. The van der Waals surface area contributed by atoms with Gasteiger partial charge in [-0.1, -0.05) is 0 Å². The summed E-state index contributed by atoms with van der Waals surface area (Å²) in [6, 6.07) is 3.76. The third-order valence-electron chi connectivity index (χ3n) is 2.26. The average molecular weight is 167 g/mol. The second-order valence-corrected chi connectivity index (χ2v) is 3.22. The summed E-state index contributed by atoms with van der Waals surface area (Å²) in [6.45, 7) is 0. The molecule has 0 amide bonds. The second-order valence-electron chi connectivity index (χ2n) is 3.22. The molecule has 3 heteroatoms. The topological polar surface area (TPSA) is 48.4 Å². The maximum absolute atomic E-state index is 5.92. The van der Waals surface area contributed by atoms with Gasteiger partial charge in [0, 0.05) is 6.07 Å². The van der Waals surface area contributed by atoms with E-state index in [0.29, 0.717) is 11.9 Å². The Bertz CT molecular complexity index is 265. The van der Waals surface area contributed by atoms with Crippen LogP contribution in [0.15, 0.2) is 16.5 Å². The van der Waals surface area contributed by atoms with Crippen LogP contribution in [0.25, 0.3) is 0 Å². The van der Waals surface area contributed by atoms with Crippen molar-refractivity contribution in [3.05, 3.63) is 17.9 Å². The van der Waals surface area contributed by atoms with Gasteiger partial charge < -0.3 is 14.9 Å². The fourth-order valence-corrected chi connectivity index (χ4v) is 1.31. The zero-order chi connectivity index (χ0) is 8.55. The summed E-state index contributed by atoms with van der Waals surface area (Å²) in [4.78, 5) is 0. The van der Waals surface area contributed by atoms with Crippen LogP contribution in [0.5, 0.6) is 5.95 Å². The summed E-state index contributed by atoms with van der Waals surface area (Å²) in [5.74, 6) is 2.01. The molecule has 0 aromatic carbocycles. The van der Waals surface area contributed by atoms with Gasteiger partial charge in [0.1, 0.15) is 5.76 Å². The first-order chi connectivity index (χ1) is 5.81. The van der Waals surface area contributed by atoms with Crippen molar-refractivity contribution in [1.29, 1.82) is 0 Å². The first kappa shape index (κ1) is 7.68. The highest BCUT2D eigenvalue weighted by molar-refractivity contribution is 5.16. The van der Waals surface area contributed by atoms with E-state index in [4.69, 9.17) is 14.9 Å². The van der Waals surface area contributed by atoms with Gasteiger partial charge in [0.2, 0.25) is 0 Å². The molecular weight excluding hydrogens is 154 g/mol. The number of hydrogen-bond donors (Lipinski definition) is 1. The highest BCUT2D eigenvalue weighted by Crippen LogP contribution is 2.40. The van der Waals surface area contributed by atoms with Crippen molar-refractivity contribution in [2.75, 3.05) is 7.11 Å². The van der Waals surface area contributed by atoms with E-state index in [1.54, 1.807) is 13.2 Å². The van der Waals surface area contributed by atoms with Gasteiger partial charge in [-0.05, 0) is 24.8 Å². The molecule has 0 bridgehead atoms. The van der Waals surface area contributed by atoms with Crippen LogP contribution in [0, 0.1) is 5.92 Å². The Morgan fingerprint density at radius 1 is 1.58 bits per heavy atom.